The number of ether oxygens (including phenoxy) is 1. The number of piperidine rings is 1. The van der Waals surface area contributed by atoms with Gasteiger partial charge in [-0.3, -0.25) is 0 Å². The van der Waals surface area contributed by atoms with Crippen LogP contribution in [-0.4, -0.2) is 19.8 Å². The van der Waals surface area contributed by atoms with Gasteiger partial charge in [0, 0.05) is 29.8 Å². The van der Waals surface area contributed by atoms with Crippen molar-refractivity contribution in [1.82, 2.24) is 0 Å². The second-order valence-electron chi connectivity index (χ2n) is 12.5. The third-order valence-electron chi connectivity index (χ3n) is 10.3. The molecule has 1 saturated heterocycles. The van der Waals surface area contributed by atoms with E-state index in [1.807, 2.05) is 0 Å². The minimum Gasteiger partial charge on any atom is -0.372 e. The Morgan fingerprint density at radius 2 is 1.42 bits per heavy atom. The number of hydrogen-bond donors (Lipinski definition) is 1. The van der Waals surface area contributed by atoms with Crippen LogP contribution in [0.25, 0.3) is 28.0 Å². The van der Waals surface area contributed by atoms with Gasteiger partial charge < -0.3 is 15.4 Å². The summed E-state index contributed by atoms with van der Waals surface area (Å²) in [5.41, 5.74) is 16.8. The number of rotatable bonds is 5. The molecule has 0 spiro atoms. The molecule has 2 unspecified atom stereocenters. The summed E-state index contributed by atoms with van der Waals surface area (Å²) in [6.07, 6.45) is 9.62. The van der Waals surface area contributed by atoms with Crippen molar-refractivity contribution >= 4 is 22.5 Å². The summed E-state index contributed by atoms with van der Waals surface area (Å²) in [5, 5.41) is 2.60. The van der Waals surface area contributed by atoms with E-state index in [0.717, 1.165) is 19.5 Å². The van der Waals surface area contributed by atoms with Crippen LogP contribution in [0.1, 0.15) is 59.6 Å². The third kappa shape index (κ3) is 3.95. The molecule has 3 nitrogen and oxygen atoms in total. The Kier molecular flexibility index (Phi) is 6.29. The van der Waals surface area contributed by atoms with Gasteiger partial charge in [-0.05, 0) is 94.5 Å². The highest BCUT2D eigenvalue weighted by molar-refractivity contribution is 6.06. The summed E-state index contributed by atoms with van der Waals surface area (Å²) >= 11 is 0. The van der Waals surface area contributed by atoms with Crippen LogP contribution in [0.2, 0.25) is 0 Å². The van der Waals surface area contributed by atoms with E-state index < -0.39 is 5.60 Å². The van der Waals surface area contributed by atoms with E-state index in [0.29, 0.717) is 0 Å². The molecule has 1 aliphatic heterocycles. The summed E-state index contributed by atoms with van der Waals surface area (Å²) in [5.74, 6) is 0. The van der Waals surface area contributed by atoms with Crippen LogP contribution < -0.4 is 10.6 Å². The predicted octanol–water partition coefficient (Wildman–Crippen LogP) is 8.56. The van der Waals surface area contributed by atoms with Crippen molar-refractivity contribution in [2.24, 2.45) is 5.73 Å². The second-order valence-corrected chi connectivity index (χ2v) is 12.5. The van der Waals surface area contributed by atoms with Gasteiger partial charge in [-0.1, -0.05) is 103 Å². The van der Waals surface area contributed by atoms with Crippen LogP contribution in [0.5, 0.6) is 0 Å². The first kappa shape index (κ1) is 26.4. The van der Waals surface area contributed by atoms with Gasteiger partial charge in [-0.2, -0.15) is 0 Å². The summed E-state index contributed by atoms with van der Waals surface area (Å²) in [4.78, 5) is 2.54. The van der Waals surface area contributed by atoms with Crippen LogP contribution in [0.15, 0.2) is 109 Å². The number of hydrogen-bond acceptors (Lipinski definition) is 3. The van der Waals surface area contributed by atoms with E-state index in [9.17, 15) is 0 Å². The lowest BCUT2D eigenvalue weighted by molar-refractivity contribution is 0.00301. The van der Waals surface area contributed by atoms with Crippen LogP contribution in [-0.2, 0) is 22.2 Å². The Morgan fingerprint density at radius 3 is 2.19 bits per heavy atom. The fourth-order valence-corrected chi connectivity index (χ4v) is 8.23. The van der Waals surface area contributed by atoms with Crippen LogP contribution >= 0.6 is 0 Å². The topological polar surface area (TPSA) is 38.5 Å². The fraction of sp³-hybridized carbons (Fsp3) is 0.250. The zero-order valence-electron chi connectivity index (χ0n) is 24.9. The Labute approximate surface area is 254 Å². The number of anilines is 1. The van der Waals surface area contributed by atoms with Gasteiger partial charge >= 0.3 is 0 Å². The van der Waals surface area contributed by atoms with Gasteiger partial charge in [-0.25, -0.2) is 0 Å². The molecule has 1 fully saturated rings. The number of benzene rings is 5. The van der Waals surface area contributed by atoms with Crippen molar-refractivity contribution in [3.8, 4) is 11.1 Å². The summed E-state index contributed by atoms with van der Waals surface area (Å²) < 4.78 is 6.49. The first-order valence-electron chi connectivity index (χ1n) is 15.8. The highest BCUT2D eigenvalue weighted by Gasteiger charge is 2.45. The van der Waals surface area contributed by atoms with E-state index in [4.69, 9.17) is 10.5 Å². The monoisotopic (exact) mass is 562 g/mol. The Balaban J connectivity index is 1.36. The molecular formula is C40H38N2O. The largest absolute Gasteiger partial charge is 0.372 e. The van der Waals surface area contributed by atoms with Crippen molar-refractivity contribution in [1.29, 1.82) is 0 Å². The normalized spacial score (nSPS) is 22.3. The number of allylic oxidation sites excluding steroid dienone is 1. The maximum atomic E-state index is 6.49. The van der Waals surface area contributed by atoms with E-state index in [-0.39, 0.29) is 12.1 Å². The standard InChI is InChI=1S/C40H38N2O/c1-39(43-27-41)36-17-9-8-16-34(36)37-32-15-7-6-14-31(32)35-26-40(23-22-33(35)38(37)39,28-12-4-2-5-13-28)29-18-20-30(21-19-29)42-24-10-3-11-25-42/h2,4-9,12-23H,3,10-11,24-27,41H2,1H3. The summed E-state index contributed by atoms with van der Waals surface area (Å²) in [6.45, 7) is 4.66. The lowest BCUT2D eigenvalue weighted by Gasteiger charge is -2.39. The molecule has 0 saturated carbocycles. The maximum Gasteiger partial charge on any atom is 0.119 e. The minimum absolute atomic E-state index is 0.160. The van der Waals surface area contributed by atoms with Gasteiger partial charge in [0.25, 0.3) is 0 Å². The molecule has 0 amide bonds. The van der Waals surface area contributed by atoms with E-state index in [1.54, 1.807) is 0 Å². The molecule has 0 bridgehead atoms. The minimum atomic E-state index is -0.623. The van der Waals surface area contributed by atoms with Crippen molar-refractivity contribution in [3.63, 3.8) is 0 Å². The molecule has 2 aliphatic carbocycles. The molecule has 0 radical (unpaired) electrons. The van der Waals surface area contributed by atoms with Gasteiger partial charge in [0.1, 0.15) is 5.60 Å². The first-order chi connectivity index (χ1) is 21.1. The average molecular weight is 563 g/mol. The zero-order valence-corrected chi connectivity index (χ0v) is 24.9. The molecule has 2 N–H and O–H groups in total. The van der Waals surface area contributed by atoms with Crippen molar-refractivity contribution in [3.05, 3.63) is 143 Å². The average Bonchev–Trinajstić information content (AvgIpc) is 3.34. The molecule has 5 aromatic carbocycles. The highest BCUT2D eigenvalue weighted by Crippen LogP contribution is 2.56. The first-order valence-corrected chi connectivity index (χ1v) is 15.8. The van der Waals surface area contributed by atoms with Crippen molar-refractivity contribution < 1.29 is 4.74 Å². The summed E-state index contributed by atoms with van der Waals surface area (Å²) in [7, 11) is 0. The smallest absolute Gasteiger partial charge is 0.119 e. The SMILES string of the molecule is CC1(OCN)c2ccccc2-c2c1c1c(c3ccccc23)CC(c2ccccc2)(c2ccc(N3CCCCC3)cc2)C=C1. The molecule has 214 valence electrons. The molecule has 2 atom stereocenters. The number of nitrogens with two attached hydrogens (primary N) is 1. The molecule has 0 aromatic heterocycles. The van der Waals surface area contributed by atoms with Gasteiger partial charge in [-0.15, -0.1) is 0 Å². The predicted molar refractivity (Wildman–Crippen MR) is 178 cm³/mol. The lowest BCUT2D eigenvalue weighted by atomic mass is 9.65. The van der Waals surface area contributed by atoms with E-state index >= 15 is 0 Å². The van der Waals surface area contributed by atoms with Crippen molar-refractivity contribution in [2.45, 2.75) is 43.6 Å². The summed E-state index contributed by atoms with van der Waals surface area (Å²) in [6, 6.07) is 38.1. The molecule has 8 rings (SSSR count). The molecular weight excluding hydrogens is 524 g/mol. The lowest BCUT2D eigenvalue weighted by Crippen LogP contribution is -2.33. The second kappa shape index (κ2) is 10.2. The van der Waals surface area contributed by atoms with Gasteiger partial charge in [0.2, 0.25) is 0 Å². The zero-order chi connectivity index (χ0) is 29.0. The van der Waals surface area contributed by atoms with Crippen LogP contribution in [0.4, 0.5) is 5.69 Å². The maximum absolute atomic E-state index is 6.49. The third-order valence-corrected chi connectivity index (χ3v) is 10.3. The van der Waals surface area contributed by atoms with E-state index in [1.165, 1.54) is 80.2 Å². The van der Waals surface area contributed by atoms with Crippen LogP contribution in [0.3, 0.4) is 0 Å². The Morgan fingerprint density at radius 1 is 0.744 bits per heavy atom. The van der Waals surface area contributed by atoms with Crippen LogP contribution in [0, 0.1) is 0 Å². The van der Waals surface area contributed by atoms with Gasteiger partial charge in [0.15, 0.2) is 0 Å². The van der Waals surface area contributed by atoms with Crippen molar-refractivity contribution in [2.75, 3.05) is 24.7 Å². The molecule has 43 heavy (non-hydrogen) atoms. The Bertz CT molecular complexity index is 1850. The molecule has 5 aromatic rings. The number of nitrogens with zero attached hydrogens (tertiary/aromatic N) is 1. The Hall–Kier alpha value is -4.18. The highest BCUT2D eigenvalue weighted by atomic mass is 16.5. The number of fused-ring (bicyclic) bond motifs is 8. The fourth-order valence-electron chi connectivity index (χ4n) is 8.23. The molecule has 3 heteroatoms. The van der Waals surface area contributed by atoms with Gasteiger partial charge in [0.05, 0.1) is 6.73 Å². The molecule has 3 aliphatic rings. The van der Waals surface area contributed by atoms with E-state index in [2.05, 4.69) is 127 Å². The molecule has 1 heterocycles. The quantitative estimate of drug-likeness (QED) is 0.218.